The Morgan fingerprint density at radius 1 is 1.04 bits per heavy atom. The number of aliphatic imine (C=N–C) groups is 1. The zero-order chi connectivity index (χ0) is 17.0. The first-order valence-electron chi connectivity index (χ1n) is 9.47. The van der Waals surface area contributed by atoms with Crippen LogP contribution in [0.4, 0.5) is 0 Å². The van der Waals surface area contributed by atoms with Crippen LogP contribution in [0.5, 0.6) is 0 Å². The number of piperidine rings is 1. The van der Waals surface area contributed by atoms with Gasteiger partial charge < -0.3 is 15.1 Å². The molecule has 1 aromatic rings. The van der Waals surface area contributed by atoms with E-state index in [0.29, 0.717) is 0 Å². The number of unbranched alkanes of at least 4 members (excludes halogenated alkanes) is 2. The van der Waals surface area contributed by atoms with Gasteiger partial charge in [0.15, 0.2) is 5.96 Å². The minimum Gasteiger partial charge on any atom is -0.356 e. The van der Waals surface area contributed by atoms with E-state index in [2.05, 4.69) is 39.4 Å². The molecule has 0 bridgehead atoms. The predicted octanol–water partition coefficient (Wildman–Crippen LogP) is 3.35. The van der Waals surface area contributed by atoms with E-state index in [1.807, 2.05) is 20.2 Å². The summed E-state index contributed by atoms with van der Waals surface area (Å²) in [6.07, 6.45) is 8.04. The van der Waals surface area contributed by atoms with Crippen molar-refractivity contribution in [2.75, 3.05) is 40.3 Å². The maximum Gasteiger partial charge on any atom is 0.193 e. The van der Waals surface area contributed by atoms with Crippen molar-refractivity contribution in [2.24, 2.45) is 4.99 Å². The van der Waals surface area contributed by atoms with Crippen LogP contribution in [0.15, 0.2) is 35.3 Å². The van der Waals surface area contributed by atoms with Crippen molar-refractivity contribution < 1.29 is 0 Å². The summed E-state index contributed by atoms with van der Waals surface area (Å²) in [5.41, 5.74) is 1.25. The third-order valence-electron chi connectivity index (χ3n) is 4.56. The fourth-order valence-electron chi connectivity index (χ4n) is 3.13. The highest BCUT2D eigenvalue weighted by Gasteiger charge is 2.08. The van der Waals surface area contributed by atoms with Crippen LogP contribution in [0, 0.1) is 0 Å². The van der Waals surface area contributed by atoms with Crippen molar-refractivity contribution in [3.05, 3.63) is 35.9 Å². The number of hydrogen-bond donors (Lipinski definition) is 1. The first kappa shape index (κ1) is 18.8. The average Bonchev–Trinajstić information content (AvgIpc) is 2.62. The summed E-state index contributed by atoms with van der Waals surface area (Å²) < 4.78 is 0. The summed E-state index contributed by atoms with van der Waals surface area (Å²) in [6, 6.07) is 10.4. The van der Waals surface area contributed by atoms with Crippen molar-refractivity contribution in [1.82, 2.24) is 15.1 Å². The van der Waals surface area contributed by atoms with Crippen LogP contribution >= 0.6 is 0 Å². The molecule has 1 aliphatic rings. The molecular formula is C20H34N4. The Hall–Kier alpha value is -1.55. The van der Waals surface area contributed by atoms with Crippen molar-refractivity contribution in [3.63, 3.8) is 0 Å². The molecule has 0 radical (unpaired) electrons. The average molecular weight is 331 g/mol. The molecule has 1 saturated heterocycles. The van der Waals surface area contributed by atoms with E-state index in [-0.39, 0.29) is 0 Å². The largest absolute Gasteiger partial charge is 0.356 e. The molecule has 134 valence electrons. The predicted molar refractivity (Wildman–Crippen MR) is 103 cm³/mol. The van der Waals surface area contributed by atoms with Gasteiger partial charge in [0.2, 0.25) is 0 Å². The molecule has 0 unspecified atom stereocenters. The third kappa shape index (κ3) is 7.35. The molecule has 2 rings (SSSR count). The summed E-state index contributed by atoms with van der Waals surface area (Å²) in [7, 11) is 4.10. The molecule has 1 aromatic carbocycles. The SMILES string of the molecule is CN(C)C(=NCc1ccccc1)NCCCCCN1CCCCC1. The van der Waals surface area contributed by atoms with E-state index >= 15 is 0 Å². The minimum atomic E-state index is 0.732. The Morgan fingerprint density at radius 3 is 2.50 bits per heavy atom. The second-order valence-electron chi connectivity index (χ2n) is 6.91. The zero-order valence-corrected chi connectivity index (χ0v) is 15.5. The van der Waals surface area contributed by atoms with Crippen LogP contribution < -0.4 is 5.32 Å². The molecule has 4 nitrogen and oxygen atoms in total. The fraction of sp³-hybridized carbons (Fsp3) is 0.650. The molecule has 1 N–H and O–H groups in total. The van der Waals surface area contributed by atoms with Gasteiger partial charge in [0.1, 0.15) is 0 Å². The lowest BCUT2D eigenvalue weighted by Crippen LogP contribution is -2.37. The molecule has 1 heterocycles. The number of hydrogen-bond acceptors (Lipinski definition) is 2. The zero-order valence-electron chi connectivity index (χ0n) is 15.5. The second-order valence-corrected chi connectivity index (χ2v) is 6.91. The Bertz CT molecular complexity index is 464. The monoisotopic (exact) mass is 330 g/mol. The van der Waals surface area contributed by atoms with E-state index in [4.69, 9.17) is 4.99 Å². The fourth-order valence-corrected chi connectivity index (χ4v) is 3.13. The van der Waals surface area contributed by atoms with Gasteiger partial charge in [0.25, 0.3) is 0 Å². The minimum absolute atomic E-state index is 0.732. The van der Waals surface area contributed by atoms with E-state index < -0.39 is 0 Å². The van der Waals surface area contributed by atoms with E-state index in [1.165, 1.54) is 63.7 Å². The van der Waals surface area contributed by atoms with Gasteiger partial charge in [-0.2, -0.15) is 0 Å². The summed E-state index contributed by atoms with van der Waals surface area (Å²) >= 11 is 0. The summed E-state index contributed by atoms with van der Waals surface area (Å²) in [6.45, 7) is 5.65. The van der Waals surface area contributed by atoms with Crippen LogP contribution in [-0.4, -0.2) is 56.0 Å². The molecule has 0 atom stereocenters. The first-order chi connectivity index (χ1) is 11.8. The molecule has 4 heteroatoms. The van der Waals surface area contributed by atoms with Crippen molar-refractivity contribution in [1.29, 1.82) is 0 Å². The maximum absolute atomic E-state index is 4.71. The molecule has 0 aliphatic carbocycles. The highest BCUT2D eigenvalue weighted by atomic mass is 15.3. The first-order valence-corrected chi connectivity index (χ1v) is 9.47. The number of nitrogens with one attached hydrogen (secondary N) is 1. The molecule has 0 spiro atoms. The van der Waals surface area contributed by atoms with Crippen LogP contribution in [0.3, 0.4) is 0 Å². The highest BCUT2D eigenvalue weighted by Crippen LogP contribution is 2.09. The molecule has 0 saturated carbocycles. The van der Waals surface area contributed by atoms with E-state index in [0.717, 1.165) is 19.0 Å². The normalized spacial score (nSPS) is 16.2. The van der Waals surface area contributed by atoms with Crippen LogP contribution in [0.25, 0.3) is 0 Å². The quantitative estimate of drug-likeness (QED) is 0.450. The lowest BCUT2D eigenvalue weighted by molar-refractivity contribution is 0.224. The Labute approximate surface area is 147 Å². The van der Waals surface area contributed by atoms with Crippen molar-refractivity contribution in [2.45, 2.75) is 45.1 Å². The summed E-state index contributed by atoms with van der Waals surface area (Å²) in [4.78, 5) is 9.40. The van der Waals surface area contributed by atoms with Crippen molar-refractivity contribution in [3.8, 4) is 0 Å². The number of nitrogens with zero attached hydrogens (tertiary/aromatic N) is 3. The second kappa shape index (κ2) is 11.1. The lowest BCUT2D eigenvalue weighted by Gasteiger charge is -2.26. The van der Waals surface area contributed by atoms with Crippen LogP contribution in [0.1, 0.15) is 44.1 Å². The van der Waals surface area contributed by atoms with Gasteiger partial charge in [0, 0.05) is 20.6 Å². The van der Waals surface area contributed by atoms with Gasteiger partial charge in [-0.3, -0.25) is 0 Å². The topological polar surface area (TPSA) is 30.9 Å². The van der Waals surface area contributed by atoms with Gasteiger partial charge in [-0.1, -0.05) is 43.2 Å². The van der Waals surface area contributed by atoms with Crippen LogP contribution in [-0.2, 0) is 6.54 Å². The Morgan fingerprint density at radius 2 is 1.79 bits per heavy atom. The highest BCUT2D eigenvalue weighted by molar-refractivity contribution is 5.79. The summed E-state index contributed by atoms with van der Waals surface area (Å²) in [5.74, 6) is 0.981. The van der Waals surface area contributed by atoms with Gasteiger partial charge >= 0.3 is 0 Å². The van der Waals surface area contributed by atoms with Crippen molar-refractivity contribution >= 4 is 5.96 Å². The molecule has 1 fully saturated rings. The lowest BCUT2D eigenvalue weighted by atomic mass is 10.1. The number of rotatable bonds is 8. The third-order valence-corrected chi connectivity index (χ3v) is 4.56. The van der Waals surface area contributed by atoms with Crippen LogP contribution in [0.2, 0.25) is 0 Å². The van der Waals surface area contributed by atoms with Gasteiger partial charge in [-0.25, -0.2) is 4.99 Å². The van der Waals surface area contributed by atoms with Gasteiger partial charge in [0.05, 0.1) is 6.54 Å². The smallest absolute Gasteiger partial charge is 0.193 e. The maximum atomic E-state index is 4.71. The molecule has 1 aliphatic heterocycles. The molecule has 24 heavy (non-hydrogen) atoms. The standard InChI is InChI=1S/C20H34N4/c1-23(2)20(22-18-19-12-6-3-7-13-19)21-14-8-4-9-15-24-16-10-5-11-17-24/h3,6-7,12-13H,4-5,8-11,14-18H2,1-2H3,(H,21,22). The summed E-state index contributed by atoms with van der Waals surface area (Å²) in [5, 5.41) is 3.49. The van der Waals surface area contributed by atoms with Gasteiger partial charge in [-0.05, 0) is 50.9 Å². The van der Waals surface area contributed by atoms with Gasteiger partial charge in [-0.15, -0.1) is 0 Å². The van der Waals surface area contributed by atoms with E-state index in [1.54, 1.807) is 0 Å². The molecular weight excluding hydrogens is 296 g/mol. The number of guanidine groups is 1. The molecule has 0 aromatic heterocycles. The number of likely N-dealkylation sites (tertiary alicyclic amines) is 1. The number of benzene rings is 1. The Kier molecular flexibility index (Phi) is 8.67. The van der Waals surface area contributed by atoms with E-state index in [9.17, 15) is 0 Å². The Balaban J connectivity index is 1.60. The molecule has 0 amide bonds.